The Bertz CT molecular complexity index is 267. The summed E-state index contributed by atoms with van der Waals surface area (Å²) in [4.78, 5) is 13.9. The van der Waals surface area contributed by atoms with Gasteiger partial charge in [0.05, 0.1) is 19.3 Å². The lowest BCUT2D eigenvalue weighted by atomic mass is 10.2. The summed E-state index contributed by atoms with van der Waals surface area (Å²) in [6.45, 7) is 3.88. The van der Waals surface area contributed by atoms with Gasteiger partial charge < -0.3 is 20.3 Å². The summed E-state index contributed by atoms with van der Waals surface area (Å²) in [6.07, 6.45) is 4.99. The molecule has 1 atom stereocenters. The van der Waals surface area contributed by atoms with Gasteiger partial charge in [-0.1, -0.05) is 12.8 Å². The monoisotopic (exact) mass is 255 g/mol. The number of carbonyl (C=O) groups is 1. The Morgan fingerprint density at radius 3 is 2.89 bits per heavy atom. The Morgan fingerprint density at radius 2 is 2.17 bits per heavy atom. The van der Waals surface area contributed by atoms with E-state index in [0.717, 1.165) is 39.1 Å². The number of morpholine rings is 1. The Balaban J connectivity index is 1.55. The highest BCUT2D eigenvalue weighted by atomic mass is 16.5. The normalized spacial score (nSPS) is 26.4. The molecular weight excluding hydrogens is 230 g/mol. The van der Waals surface area contributed by atoms with Gasteiger partial charge in [0.25, 0.3) is 0 Å². The average Bonchev–Trinajstić information content (AvgIpc) is 2.82. The van der Waals surface area contributed by atoms with Crippen molar-refractivity contribution in [3.8, 4) is 0 Å². The van der Waals surface area contributed by atoms with Crippen molar-refractivity contribution in [2.45, 2.75) is 37.8 Å². The van der Waals surface area contributed by atoms with Gasteiger partial charge in [-0.15, -0.1) is 0 Å². The maximum absolute atomic E-state index is 11.7. The van der Waals surface area contributed by atoms with Gasteiger partial charge in [-0.05, 0) is 19.9 Å². The van der Waals surface area contributed by atoms with E-state index in [9.17, 15) is 4.79 Å². The minimum Gasteiger partial charge on any atom is -0.374 e. The fourth-order valence-electron chi connectivity index (χ4n) is 2.69. The molecule has 1 saturated heterocycles. The summed E-state index contributed by atoms with van der Waals surface area (Å²) in [5.41, 5.74) is 0. The lowest BCUT2D eigenvalue weighted by Gasteiger charge is -2.30. The van der Waals surface area contributed by atoms with Gasteiger partial charge in [-0.25, -0.2) is 0 Å². The first-order valence-corrected chi connectivity index (χ1v) is 7.04. The molecule has 5 heteroatoms. The predicted molar refractivity (Wildman–Crippen MR) is 70.5 cm³/mol. The number of carbonyl (C=O) groups excluding carboxylic acids is 1. The van der Waals surface area contributed by atoms with Gasteiger partial charge in [0, 0.05) is 25.7 Å². The van der Waals surface area contributed by atoms with Crippen molar-refractivity contribution in [3.63, 3.8) is 0 Å². The molecule has 2 aliphatic rings. The maximum atomic E-state index is 11.7. The first kappa shape index (κ1) is 13.8. The Morgan fingerprint density at radius 1 is 1.39 bits per heavy atom. The van der Waals surface area contributed by atoms with Crippen LogP contribution in [0.4, 0.5) is 0 Å². The molecule has 0 aromatic rings. The number of hydrogen-bond acceptors (Lipinski definition) is 4. The number of hydrogen-bond donors (Lipinski definition) is 2. The lowest BCUT2D eigenvalue weighted by molar-refractivity contribution is -0.121. The highest BCUT2D eigenvalue weighted by Gasteiger charge is 2.19. The summed E-state index contributed by atoms with van der Waals surface area (Å²) in [5.74, 6) is 0.117. The molecular formula is C13H25N3O2. The van der Waals surface area contributed by atoms with Crippen molar-refractivity contribution in [2.24, 2.45) is 0 Å². The zero-order chi connectivity index (χ0) is 12.8. The fraction of sp³-hybridized carbons (Fsp3) is 0.923. The number of likely N-dealkylation sites (N-methyl/N-ethyl adjacent to an activating group) is 1. The number of ether oxygens (including phenoxy) is 1. The molecule has 0 spiro atoms. The zero-order valence-corrected chi connectivity index (χ0v) is 11.3. The topological polar surface area (TPSA) is 53.6 Å². The molecule has 0 aromatic carbocycles. The quantitative estimate of drug-likeness (QED) is 0.724. The third kappa shape index (κ3) is 4.55. The van der Waals surface area contributed by atoms with Gasteiger partial charge >= 0.3 is 0 Å². The van der Waals surface area contributed by atoms with Crippen molar-refractivity contribution < 1.29 is 9.53 Å². The van der Waals surface area contributed by atoms with Crippen LogP contribution in [0.15, 0.2) is 0 Å². The van der Waals surface area contributed by atoms with Crippen LogP contribution in [0, 0.1) is 0 Å². The summed E-state index contributed by atoms with van der Waals surface area (Å²) < 4.78 is 5.63. The highest BCUT2D eigenvalue weighted by Crippen LogP contribution is 2.17. The van der Waals surface area contributed by atoms with Crippen molar-refractivity contribution in [1.29, 1.82) is 0 Å². The van der Waals surface area contributed by atoms with Crippen molar-refractivity contribution in [3.05, 3.63) is 0 Å². The van der Waals surface area contributed by atoms with E-state index in [4.69, 9.17) is 4.74 Å². The largest absolute Gasteiger partial charge is 0.374 e. The molecule has 1 aliphatic carbocycles. The number of nitrogens with zero attached hydrogens (tertiary/aromatic N) is 1. The van der Waals surface area contributed by atoms with Crippen LogP contribution in [-0.2, 0) is 9.53 Å². The van der Waals surface area contributed by atoms with Gasteiger partial charge in [-0.3, -0.25) is 4.79 Å². The highest BCUT2D eigenvalue weighted by molar-refractivity contribution is 5.78. The molecule has 1 amide bonds. The standard InChI is InChI=1S/C13H25N3O2/c1-16-6-7-18-12(10-16)8-14-9-13(17)15-11-4-2-3-5-11/h11-12,14H,2-10H2,1H3,(H,15,17)/t12-/m1/s1. The molecule has 5 nitrogen and oxygen atoms in total. The number of amides is 1. The van der Waals surface area contributed by atoms with Crippen molar-refractivity contribution in [1.82, 2.24) is 15.5 Å². The molecule has 0 radical (unpaired) electrons. The molecule has 1 aliphatic heterocycles. The third-order valence-corrected chi connectivity index (χ3v) is 3.72. The van der Waals surface area contributed by atoms with Crippen LogP contribution in [0.1, 0.15) is 25.7 Å². The Hall–Kier alpha value is -0.650. The van der Waals surface area contributed by atoms with Gasteiger partial charge in [0.15, 0.2) is 0 Å². The van der Waals surface area contributed by atoms with Crippen LogP contribution in [0.2, 0.25) is 0 Å². The van der Waals surface area contributed by atoms with Crippen LogP contribution in [-0.4, -0.2) is 62.8 Å². The molecule has 0 unspecified atom stereocenters. The van der Waals surface area contributed by atoms with Crippen molar-refractivity contribution in [2.75, 3.05) is 39.8 Å². The van der Waals surface area contributed by atoms with Crippen molar-refractivity contribution >= 4 is 5.91 Å². The molecule has 2 fully saturated rings. The first-order chi connectivity index (χ1) is 8.74. The SMILES string of the molecule is CN1CCO[C@H](CNCC(=O)NC2CCCC2)C1. The van der Waals surface area contributed by atoms with E-state index >= 15 is 0 Å². The minimum absolute atomic E-state index is 0.117. The molecule has 18 heavy (non-hydrogen) atoms. The molecule has 1 saturated carbocycles. The second-order valence-electron chi connectivity index (χ2n) is 5.43. The van der Waals surface area contributed by atoms with E-state index in [0.29, 0.717) is 12.6 Å². The lowest BCUT2D eigenvalue weighted by Crippen LogP contribution is -2.47. The van der Waals surface area contributed by atoms with Gasteiger partial charge in [-0.2, -0.15) is 0 Å². The average molecular weight is 255 g/mol. The van der Waals surface area contributed by atoms with Gasteiger partial charge in [0.1, 0.15) is 0 Å². The first-order valence-electron chi connectivity index (χ1n) is 7.04. The minimum atomic E-state index is 0.117. The number of nitrogens with one attached hydrogen (secondary N) is 2. The summed E-state index contributed by atoms with van der Waals surface area (Å²) in [5, 5.41) is 6.26. The second-order valence-corrected chi connectivity index (χ2v) is 5.43. The summed E-state index contributed by atoms with van der Waals surface area (Å²) in [7, 11) is 2.10. The smallest absolute Gasteiger partial charge is 0.234 e. The van der Waals surface area contributed by atoms with E-state index in [2.05, 4.69) is 22.6 Å². The van der Waals surface area contributed by atoms with Crippen LogP contribution in [0.5, 0.6) is 0 Å². The Kier molecular flexibility index (Phi) is 5.41. The van der Waals surface area contributed by atoms with E-state index in [-0.39, 0.29) is 12.0 Å². The van der Waals surface area contributed by atoms with E-state index in [1.165, 1.54) is 12.8 Å². The molecule has 2 rings (SSSR count). The number of rotatable bonds is 5. The van der Waals surface area contributed by atoms with Crippen LogP contribution < -0.4 is 10.6 Å². The van der Waals surface area contributed by atoms with Crippen LogP contribution in [0.25, 0.3) is 0 Å². The molecule has 0 bridgehead atoms. The van der Waals surface area contributed by atoms with Crippen LogP contribution >= 0.6 is 0 Å². The Labute approximate surface area is 109 Å². The van der Waals surface area contributed by atoms with Gasteiger partial charge in [0.2, 0.25) is 5.91 Å². The third-order valence-electron chi connectivity index (χ3n) is 3.72. The fourth-order valence-corrected chi connectivity index (χ4v) is 2.69. The predicted octanol–water partition coefficient (Wildman–Crippen LogP) is -0.0346. The molecule has 1 heterocycles. The summed E-state index contributed by atoms with van der Waals surface area (Å²) >= 11 is 0. The second kappa shape index (κ2) is 7.07. The zero-order valence-electron chi connectivity index (χ0n) is 11.3. The molecule has 104 valence electrons. The van der Waals surface area contributed by atoms with E-state index < -0.39 is 0 Å². The molecule has 0 aromatic heterocycles. The maximum Gasteiger partial charge on any atom is 0.234 e. The van der Waals surface area contributed by atoms with E-state index in [1.54, 1.807) is 0 Å². The van der Waals surface area contributed by atoms with Crippen LogP contribution in [0.3, 0.4) is 0 Å². The summed E-state index contributed by atoms with van der Waals surface area (Å²) in [6, 6.07) is 0.413. The van der Waals surface area contributed by atoms with E-state index in [1.807, 2.05) is 0 Å². The molecule has 2 N–H and O–H groups in total.